The molecule has 0 saturated carbocycles. The van der Waals surface area contributed by atoms with E-state index in [2.05, 4.69) is 21.2 Å². The fraction of sp³-hybridized carbons (Fsp3) is 0.421. The van der Waals surface area contributed by atoms with Gasteiger partial charge < -0.3 is 19.4 Å². The van der Waals surface area contributed by atoms with Crippen molar-refractivity contribution in [3.63, 3.8) is 0 Å². The number of piperazine rings is 1. The van der Waals surface area contributed by atoms with Crippen molar-refractivity contribution >= 4 is 29.1 Å². The molecule has 266 valence electrons. The number of nitrogens with zero attached hydrogens (tertiary/aromatic N) is 5. The molecule has 0 aliphatic carbocycles. The summed E-state index contributed by atoms with van der Waals surface area (Å²) in [7, 11) is 0. The zero-order valence-electron chi connectivity index (χ0n) is 28.1. The smallest absolute Gasteiger partial charge is 0.417 e. The molecule has 1 N–H and O–H groups in total. The summed E-state index contributed by atoms with van der Waals surface area (Å²) in [6, 6.07) is 18.8. The van der Waals surface area contributed by atoms with Crippen LogP contribution in [0.5, 0.6) is 5.75 Å². The van der Waals surface area contributed by atoms with E-state index in [1.165, 1.54) is 6.07 Å². The Morgan fingerprint density at radius 1 is 0.882 bits per heavy atom. The van der Waals surface area contributed by atoms with Gasteiger partial charge in [0.05, 0.1) is 23.8 Å². The molecular weight excluding hydrogens is 661 g/mol. The molecule has 3 fully saturated rings. The molecule has 3 aromatic carbocycles. The maximum absolute atomic E-state index is 13.5. The molecule has 4 aliphatic heterocycles. The predicted octanol–water partition coefficient (Wildman–Crippen LogP) is 4.92. The lowest BCUT2D eigenvalue weighted by Crippen LogP contribution is -2.52. The maximum atomic E-state index is 13.5. The first-order valence-electron chi connectivity index (χ1n) is 17.4. The zero-order chi connectivity index (χ0) is 35.7. The zero-order valence-corrected chi connectivity index (χ0v) is 28.1. The van der Waals surface area contributed by atoms with E-state index in [-0.39, 0.29) is 29.7 Å². The van der Waals surface area contributed by atoms with Crippen LogP contribution in [0.15, 0.2) is 60.7 Å². The van der Waals surface area contributed by atoms with E-state index < -0.39 is 23.7 Å². The molecule has 7 rings (SSSR count). The molecule has 51 heavy (non-hydrogen) atoms. The highest BCUT2D eigenvalue weighted by Gasteiger charge is 2.39. The van der Waals surface area contributed by atoms with Crippen LogP contribution in [0.3, 0.4) is 0 Å². The average molecular weight is 701 g/mol. The normalized spacial score (nSPS) is 21.1. The molecule has 3 saturated heterocycles. The Morgan fingerprint density at radius 3 is 2.35 bits per heavy atom. The number of carbonyl (C=O) groups is 3. The standard InChI is InChI=1S/C38H39F3N6O4/c39-38(40,41)33-21-30(5-2-26(33)22-42)46-14-12-27(23-46)25-3-7-31(8-4-25)51-19-1-13-44-15-17-45(18-16-44)29-6-9-32-28(20-29)24-47(37(32)50)34-10-11-35(48)43-36(34)49/h2-9,20-21,27,34H,1,10-19,23-24H2,(H,43,48,49)/t27-,34?/m1/s1. The van der Waals surface area contributed by atoms with Crippen LogP contribution in [0.25, 0.3) is 0 Å². The van der Waals surface area contributed by atoms with Gasteiger partial charge in [-0.05, 0) is 78.9 Å². The summed E-state index contributed by atoms with van der Waals surface area (Å²) >= 11 is 0. The molecule has 3 amide bonds. The van der Waals surface area contributed by atoms with Crippen LogP contribution in [0.2, 0.25) is 0 Å². The molecule has 4 heterocycles. The number of benzene rings is 3. The first-order chi connectivity index (χ1) is 24.6. The summed E-state index contributed by atoms with van der Waals surface area (Å²) < 4.78 is 46.4. The minimum atomic E-state index is -4.58. The van der Waals surface area contributed by atoms with Crippen LogP contribution < -0.4 is 19.9 Å². The van der Waals surface area contributed by atoms with Crippen molar-refractivity contribution in [3.8, 4) is 11.8 Å². The third-order valence-corrected chi connectivity index (χ3v) is 10.5. The lowest BCUT2D eigenvalue weighted by Gasteiger charge is -2.36. The largest absolute Gasteiger partial charge is 0.494 e. The second-order valence-corrected chi connectivity index (χ2v) is 13.6. The molecule has 1 unspecified atom stereocenters. The Balaban J connectivity index is 0.836. The molecule has 3 aromatic rings. The van der Waals surface area contributed by atoms with Crippen LogP contribution in [-0.2, 0) is 22.3 Å². The SMILES string of the molecule is N#Cc1ccc(N2CC[C@@H](c3ccc(OCCCN4CCN(c5ccc6c(c5)CN(C5CCC(=O)NC5=O)C6=O)CC4)cc3)C2)cc1C(F)(F)F. The second kappa shape index (κ2) is 14.3. The van der Waals surface area contributed by atoms with Crippen molar-refractivity contribution < 1.29 is 32.3 Å². The monoisotopic (exact) mass is 700 g/mol. The van der Waals surface area contributed by atoms with Gasteiger partial charge in [0.2, 0.25) is 11.8 Å². The number of nitrogens with one attached hydrogen (secondary N) is 1. The minimum Gasteiger partial charge on any atom is -0.494 e. The number of anilines is 2. The summed E-state index contributed by atoms with van der Waals surface area (Å²) in [5.41, 5.74) is 2.93. The summed E-state index contributed by atoms with van der Waals surface area (Å²) in [4.78, 5) is 45.2. The molecule has 4 aliphatic rings. The van der Waals surface area contributed by atoms with Crippen molar-refractivity contribution in [3.05, 3.63) is 88.5 Å². The predicted molar refractivity (Wildman–Crippen MR) is 183 cm³/mol. The van der Waals surface area contributed by atoms with E-state index in [0.717, 1.165) is 74.2 Å². The number of halogens is 3. The number of imide groups is 1. The number of ether oxygens (including phenoxy) is 1. The fourth-order valence-corrected chi connectivity index (χ4v) is 7.63. The van der Waals surface area contributed by atoms with Crippen LogP contribution in [-0.4, -0.2) is 86.0 Å². The molecular formula is C38H39F3N6O4. The number of alkyl halides is 3. The topological polar surface area (TPSA) is 109 Å². The lowest BCUT2D eigenvalue weighted by molar-refractivity contribution is -0.138. The molecule has 0 bridgehead atoms. The molecule has 2 atom stereocenters. The van der Waals surface area contributed by atoms with Crippen LogP contribution in [0.4, 0.5) is 24.5 Å². The van der Waals surface area contributed by atoms with Gasteiger partial charge in [0.15, 0.2) is 0 Å². The van der Waals surface area contributed by atoms with Gasteiger partial charge in [-0.2, -0.15) is 18.4 Å². The van der Waals surface area contributed by atoms with Gasteiger partial charge in [0.25, 0.3) is 5.91 Å². The van der Waals surface area contributed by atoms with E-state index in [9.17, 15) is 27.6 Å². The van der Waals surface area contributed by atoms with E-state index in [1.807, 2.05) is 41.3 Å². The number of amides is 3. The minimum absolute atomic E-state index is 0.163. The lowest BCUT2D eigenvalue weighted by atomic mass is 9.98. The van der Waals surface area contributed by atoms with E-state index in [1.54, 1.807) is 17.0 Å². The summed E-state index contributed by atoms with van der Waals surface area (Å²) in [5, 5.41) is 11.4. The Morgan fingerprint density at radius 2 is 1.63 bits per heavy atom. The molecule has 0 aromatic heterocycles. The second-order valence-electron chi connectivity index (χ2n) is 13.6. The Bertz CT molecular complexity index is 1850. The third kappa shape index (κ3) is 7.37. The van der Waals surface area contributed by atoms with Crippen LogP contribution in [0, 0.1) is 11.3 Å². The maximum Gasteiger partial charge on any atom is 0.417 e. The van der Waals surface area contributed by atoms with E-state index in [4.69, 9.17) is 10.00 Å². The Labute approximate surface area is 294 Å². The first kappa shape index (κ1) is 34.4. The highest BCUT2D eigenvalue weighted by atomic mass is 19.4. The van der Waals surface area contributed by atoms with Crippen molar-refractivity contribution in [2.24, 2.45) is 0 Å². The van der Waals surface area contributed by atoms with Crippen molar-refractivity contribution in [2.75, 3.05) is 62.2 Å². The van der Waals surface area contributed by atoms with Gasteiger partial charge in [0.1, 0.15) is 11.8 Å². The average Bonchev–Trinajstić information content (AvgIpc) is 3.75. The Kier molecular flexibility index (Phi) is 9.61. The van der Waals surface area contributed by atoms with E-state index >= 15 is 0 Å². The van der Waals surface area contributed by atoms with Gasteiger partial charge in [0, 0.05) is 81.6 Å². The van der Waals surface area contributed by atoms with Gasteiger partial charge >= 0.3 is 6.18 Å². The molecule has 10 nitrogen and oxygen atoms in total. The number of hydrogen-bond acceptors (Lipinski definition) is 8. The summed E-state index contributed by atoms with van der Waals surface area (Å²) in [6.45, 7) is 6.64. The highest BCUT2D eigenvalue weighted by Crippen LogP contribution is 2.37. The molecule has 0 radical (unpaired) electrons. The number of carbonyl (C=O) groups excluding carboxylic acids is 3. The molecule has 13 heteroatoms. The van der Waals surface area contributed by atoms with Crippen LogP contribution >= 0.6 is 0 Å². The van der Waals surface area contributed by atoms with Crippen molar-refractivity contribution in [1.29, 1.82) is 5.26 Å². The number of piperidine rings is 1. The fourth-order valence-electron chi connectivity index (χ4n) is 7.63. The van der Waals surface area contributed by atoms with Gasteiger partial charge in [-0.15, -0.1) is 0 Å². The number of nitriles is 1. The van der Waals surface area contributed by atoms with Crippen molar-refractivity contribution in [2.45, 2.75) is 50.4 Å². The summed E-state index contributed by atoms with van der Waals surface area (Å²) in [6.07, 6.45) is -2.30. The Hall–Kier alpha value is -5.09. The first-order valence-corrected chi connectivity index (χ1v) is 17.4. The quantitative estimate of drug-likeness (QED) is 0.248. The third-order valence-electron chi connectivity index (χ3n) is 10.5. The van der Waals surface area contributed by atoms with Gasteiger partial charge in [-0.3, -0.25) is 24.6 Å². The number of fused-ring (bicyclic) bond motifs is 1. The molecule has 0 spiro atoms. The highest BCUT2D eigenvalue weighted by molar-refractivity contribution is 6.05. The van der Waals surface area contributed by atoms with E-state index in [0.29, 0.717) is 43.9 Å². The van der Waals surface area contributed by atoms with Gasteiger partial charge in [-0.1, -0.05) is 12.1 Å². The summed E-state index contributed by atoms with van der Waals surface area (Å²) in [5.74, 6) is 0.111. The number of hydrogen-bond donors (Lipinski definition) is 1. The van der Waals surface area contributed by atoms with Crippen LogP contribution in [0.1, 0.15) is 64.2 Å². The van der Waals surface area contributed by atoms with Crippen molar-refractivity contribution in [1.82, 2.24) is 15.1 Å². The van der Waals surface area contributed by atoms with Gasteiger partial charge in [-0.25, -0.2) is 0 Å². The number of rotatable bonds is 9.